The molecule has 3 fully saturated rings. The molecule has 6 rings (SSSR count). The Labute approximate surface area is 352 Å². The number of unbranched alkanes of at least 4 members (excludes halogenated alkanes) is 2. The van der Waals surface area contributed by atoms with Gasteiger partial charge in [-0.2, -0.15) is 0 Å². The number of oxime groups is 1. The number of aliphatic hydroxyl groups is 3. The molecule has 1 aromatic carbocycles. The molecule has 6 unspecified atom stereocenters. The standard InChI is InChI=1S/C47H73N3O9/c1-5-27-57-47-42(50(23-28-55-30-26-53)43(54)19-16-34-12-6-7-13-34)33-40(48-59-46(2,3)4)38-31-35(14-8-10-24-51)37(15-9-11-25-52)44(45(38)47)39-32-36(17-18-41(39)58-47)56-29-22-49-20-21-49/h5,17-18,31-32,34-35,37,42,44-45,51-53H,1,6-16,19-30,33H2,2-4H3. The Bertz CT molecular complexity index is 1570. The van der Waals surface area contributed by atoms with Crippen LogP contribution in [0.1, 0.15) is 116 Å². The molecule has 3 N–H and O–H groups in total. The third-order valence-electron chi connectivity index (χ3n) is 12.9. The van der Waals surface area contributed by atoms with Crippen LogP contribution >= 0.6 is 0 Å². The number of hydrogen-bond donors (Lipinski definition) is 3. The average molecular weight is 824 g/mol. The van der Waals surface area contributed by atoms with E-state index in [1.807, 2.05) is 37.8 Å². The Kier molecular flexibility index (Phi) is 16.7. The van der Waals surface area contributed by atoms with Crippen molar-refractivity contribution in [1.82, 2.24) is 9.80 Å². The Hall–Kier alpha value is -3.00. The number of carbonyl (C=O) groups is 1. The van der Waals surface area contributed by atoms with Crippen molar-refractivity contribution in [3.63, 3.8) is 0 Å². The second kappa shape index (κ2) is 21.7. The normalized spacial score (nSPS) is 27.1. The topological polar surface area (TPSA) is 143 Å². The molecule has 2 aliphatic heterocycles. The quantitative estimate of drug-likeness (QED) is 0.0427. The summed E-state index contributed by atoms with van der Waals surface area (Å²) in [6.45, 7) is 14.8. The van der Waals surface area contributed by atoms with E-state index in [9.17, 15) is 20.1 Å². The Balaban J connectivity index is 1.53. The fourth-order valence-corrected chi connectivity index (χ4v) is 10.1. The van der Waals surface area contributed by atoms with Gasteiger partial charge in [-0.15, -0.1) is 6.58 Å². The van der Waals surface area contributed by atoms with E-state index in [2.05, 4.69) is 23.6 Å². The van der Waals surface area contributed by atoms with E-state index in [0.717, 1.165) is 87.2 Å². The number of hydrogen-bond acceptors (Lipinski definition) is 11. The van der Waals surface area contributed by atoms with E-state index in [-0.39, 0.29) is 69.2 Å². The van der Waals surface area contributed by atoms with Crippen LogP contribution in [0.4, 0.5) is 0 Å². The van der Waals surface area contributed by atoms with Gasteiger partial charge in [-0.1, -0.05) is 55.8 Å². The summed E-state index contributed by atoms with van der Waals surface area (Å²) >= 11 is 0. The maximum absolute atomic E-state index is 14.8. The minimum absolute atomic E-state index is 0.0258. The molecule has 2 saturated carbocycles. The van der Waals surface area contributed by atoms with Crippen molar-refractivity contribution in [2.45, 2.75) is 128 Å². The van der Waals surface area contributed by atoms with Crippen LogP contribution in [0.3, 0.4) is 0 Å². The second-order valence-corrected chi connectivity index (χ2v) is 18.3. The number of fused-ring (bicyclic) bond motifs is 2. The predicted octanol–water partition coefficient (Wildman–Crippen LogP) is 6.62. The van der Waals surface area contributed by atoms with Gasteiger partial charge in [0.15, 0.2) is 0 Å². The van der Waals surface area contributed by atoms with Gasteiger partial charge in [0, 0.05) is 63.7 Å². The van der Waals surface area contributed by atoms with Gasteiger partial charge in [0.2, 0.25) is 11.7 Å². The van der Waals surface area contributed by atoms with Crippen molar-refractivity contribution in [3.8, 4) is 11.5 Å². The van der Waals surface area contributed by atoms with Crippen molar-refractivity contribution < 1.29 is 43.9 Å². The zero-order valence-corrected chi connectivity index (χ0v) is 36.2. The summed E-state index contributed by atoms with van der Waals surface area (Å²) in [6.07, 6.45) is 15.3. The number of aliphatic hydroxyl groups excluding tert-OH is 3. The van der Waals surface area contributed by atoms with E-state index in [1.54, 1.807) is 6.08 Å². The van der Waals surface area contributed by atoms with Crippen LogP contribution in [-0.4, -0.2) is 127 Å². The first-order chi connectivity index (χ1) is 28.6. The van der Waals surface area contributed by atoms with Crippen LogP contribution < -0.4 is 9.47 Å². The highest BCUT2D eigenvalue weighted by Gasteiger charge is 2.65. The van der Waals surface area contributed by atoms with Crippen molar-refractivity contribution in [3.05, 3.63) is 48.1 Å². The third kappa shape index (κ3) is 11.7. The van der Waals surface area contributed by atoms with Crippen LogP contribution in [-0.2, 0) is 19.1 Å². The molecule has 12 nitrogen and oxygen atoms in total. The molecule has 3 aliphatic carbocycles. The van der Waals surface area contributed by atoms with Gasteiger partial charge in [0.05, 0.1) is 38.1 Å². The van der Waals surface area contributed by atoms with Crippen LogP contribution in [0.15, 0.2) is 47.7 Å². The van der Waals surface area contributed by atoms with Gasteiger partial charge in [-0.25, -0.2) is 0 Å². The summed E-state index contributed by atoms with van der Waals surface area (Å²) in [5.74, 6) is 0.486. The third-order valence-corrected chi connectivity index (χ3v) is 12.9. The molecule has 6 atom stereocenters. The van der Waals surface area contributed by atoms with Crippen molar-refractivity contribution >= 4 is 11.6 Å². The highest BCUT2D eigenvalue weighted by Crippen LogP contribution is 2.62. The SMILES string of the molecule is C=CCOC12Oc3ccc(OCCN4CC4)cc3C3C(CCCCO)C(CCCCO)C=C(C(=NOC(C)(C)C)CC1N(CCOCCO)C(=O)CCC1CCCC1)C32. The lowest BCUT2D eigenvalue weighted by atomic mass is 9.55. The first-order valence-corrected chi connectivity index (χ1v) is 22.7. The van der Waals surface area contributed by atoms with E-state index >= 15 is 0 Å². The lowest BCUT2D eigenvalue weighted by Gasteiger charge is -2.60. The Morgan fingerprint density at radius 1 is 1.02 bits per heavy atom. The number of ether oxygens (including phenoxy) is 4. The summed E-state index contributed by atoms with van der Waals surface area (Å²) in [7, 11) is 0. The monoisotopic (exact) mass is 824 g/mol. The van der Waals surface area contributed by atoms with E-state index in [4.69, 9.17) is 28.9 Å². The van der Waals surface area contributed by atoms with E-state index in [1.165, 1.54) is 12.8 Å². The summed E-state index contributed by atoms with van der Waals surface area (Å²) in [4.78, 5) is 25.4. The molecule has 0 bridgehead atoms. The highest BCUT2D eigenvalue weighted by molar-refractivity contribution is 6.03. The Morgan fingerprint density at radius 3 is 2.47 bits per heavy atom. The smallest absolute Gasteiger partial charge is 0.239 e. The number of benzene rings is 1. The number of allylic oxidation sites excluding steroid dienone is 1. The Morgan fingerprint density at radius 2 is 1.78 bits per heavy atom. The molecule has 1 saturated heterocycles. The minimum atomic E-state index is -1.33. The zero-order chi connectivity index (χ0) is 41.8. The molecule has 0 aromatic heterocycles. The molecule has 1 amide bonds. The van der Waals surface area contributed by atoms with Gasteiger partial charge in [-0.3, -0.25) is 9.69 Å². The molecule has 59 heavy (non-hydrogen) atoms. The summed E-state index contributed by atoms with van der Waals surface area (Å²) in [6, 6.07) is 5.55. The summed E-state index contributed by atoms with van der Waals surface area (Å²) < 4.78 is 26.8. The van der Waals surface area contributed by atoms with E-state index in [0.29, 0.717) is 50.5 Å². The molecule has 0 radical (unpaired) electrons. The van der Waals surface area contributed by atoms with Gasteiger partial charge in [-0.05, 0) is 94.4 Å². The maximum Gasteiger partial charge on any atom is 0.239 e. The number of nitrogens with zero attached hydrogens (tertiary/aromatic N) is 3. The average Bonchev–Trinajstić information content (AvgIpc) is 3.90. The maximum atomic E-state index is 14.8. The van der Waals surface area contributed by atoms with Crippen molar-refractivity contribution in [2.24, 2.45) is 28.8 Å². The van der Waals surface area contributed by atoms with Crippen LogP contribution in [0.2, 0.25) is 0 Å². The molecule has 330 valence electrons. The molecule has 2 heterocycles. The van der Waals surface area contributed by atoms with Crippen molar-refractivity contribution in [2.75, 3.05) is 72.4 Å². The predicted molar refractivity (Wildman–Crippen MR) is 229 cm³/mol. The van der Waals surface area contributed by atoms with Crippen LogP contribution in [0.5, 0.6) is 11.5 Å². The largest absolute Gasteiger partial charge is 0.492 e. The number of carbonyl (C=O) groups excluding carboxylic acids is 1. The van der Waals surface area contributed by atoms with Gasteiger partial charge < -0.3 is 44.0 Å². The first kappa shape index (κ1) is 45.5. The molecule has 5 aliphatic rings. The molecule has 1 aromatic rings. The number of amides is 1. The van der Waals surface area contributed by atoms with Crippen LogP contribution in [0.25, 0.3) is 0 Å². The molecule has 12 heteroatoms. The molecular formula is C47H73N3O9. The first-order valence-electron chi connectivity index (χ1n) is 22.7. The number of rotatable bonds is 25. The van der Waals surface area contributed by atoms with Crippen molar-refractivity contribution in [1.29, 1.82) is 0 Å². The summed E-state index contributed by atoms with van der Waals surface area (Å²) in [5.41, 5.74) is 2.28. The summed E-state index contributed by atoms with van der Waals surface area (Å²) in [5, 5.41) is 34.4. The zero-order valence-electron chi connectivity index (χ0n) is 36.2. The molecular weight excluding hydrogens is 751 g/mol. The molecule has 0 spiro atoms. The lowest BCUT2D eigenvalue weighted by molar-refractivity contribution is -0.258. The van der Waals surface area contributed by atoms with Gasteiger partial charge in [0.25, 0.3) is 0 Å². The lowest BCUT2D eigenvalue weighted by Crippen LogP contribution is -2.70. The van der Waals surface area contributed by atoms with Gasteiger partial charge >= 0.3 is 0 Å². The fourth-order valence-electron chi connectivity index (χ4n) is 10.1. The van der Waals surface area contributed by atoms with Gasteiger partial charge in [0.1, 0.15) is 29.7 Å². The minimum Gasteiger partial charge on any atom is -0.492 e. The fraction of sp³-hybridized carbons (Fsp3) is 0.745. The van der Waals surface area contributed by atoms with Crippen LogP contribution in [0, 0.1) is 23.7 Å². The highest BCUT2D eigenvalue weighted by atomic mass is 16.7. The second-order valence-electron chi connectivity index (χ2n) is 18.3. The van der Waals surface area contributed by atoms with E-state index < -0.39 is 17.4 Å².